The van der Waals surface area contributed by atoms with Gasteiger partial charge in [0.05, 0.1) is 12.1 Å². The summed E-state index contributed by atoms with van der Waals surface area (Å²) in [7, 11) is 0. The summed E-state index contributed by atoms with van der Waals surface area (Å²) in [5.74, 6) is 0. The summed E-state index contributed by atoms with van der Waals surface area (Å²) in [6.07, 6.45) is 0. The van der Waals surface area contributed by atoms with Gasteiger partial charge in [-0.05, 0) is 31.9 Å². The van der Waals surface area contributed by atoms with Crippen molar-refractivity contribution < 1.29 is 5.11 Å². The molecule has 2 N–H and O–H groups in total. The monoisotopic (exact) mass is 269 g/mol. The van der Waals surface area contributed by atoms with Gasteiger partial charge in [0.1, 0.15) is 0 Å². The molecular weight excluding hydrogens is 246 g/mol. The molecule has 0 saturated heterocycles. The summed E-state index contributed by atoms with van der Waals surface area (Å²) >= 11 is 0. The topological polar surface area (TPSA) is 32.3 Å². The van der Waals surface area contributed by atoms with Crippen molar-refractivity contribution >= 4 is 0 Å². The maximum Gasteiger partial charge on any atom is 0.0652 e. The van der Waals surface area contributed by atoms with Gasteiger partial charge in [0.15, 0.2) is 0 Å². The fourth-order valence-electron chi connectivity index (χ4n) is 2.44. The Kier molecular flexibility index (Phi) is 4.58. The van der Waals surface area contributed by atoms with Crippen molar-refractivity contribution in [1.82, 2.24) is 5.32 Å². The SMILES string of the molecule is Cc1cc(C)cc(C(C)(CO)NCc2ccccc2)c1. The zero-order valence-corrected chi connectivity index (χ0v) is 12.5. The van der Waals surface area contributed by atoms with E-state index in [-0.39, 0.29) is 6.61 Å². The zero-order valence-electron chi connectivity index (χ0n) is 12.5. The molecule has 2 aromatic carbocycles. The third-order valence-electron chi connectivity index (χ3n) is 3.70. The minimum Gasteiger partial charge on any atom is -0.394 e. The van der Waals surface area contributed by atoms with Crippen molar-refractivity contribution in [2.24, 2.45) is 0 Å². The van der Waals surface area contributed by atoms with Crippen molar-refractivity contribution in [1.29, 1.82) is 0 Å². The molecule has 2 heteroatoms. The number of aliphatic hydroxyl groups is 1. The highest BCUT2D eigenvalue weighted by atomic mass is 16.3. The van der Waals surface area contributed by atoms with Crippen LogP contribution in [0, 0.1) is 13.8 Å². The number of hydrogen-bond donors (Lipinski definition) is 2. The van der Waals surface area contributed by atoms with E-state index < -0.39 is 5.54 Å². The number of aryl methyl sites for hydroxylation is 2. The van der Waals surface area contributed by atoms with E-state index in [1.165, 1.54) is 16.7 Å². The largest absolute Gasteiger partial charge is 0.394 e. The smallest absolute Gasteiger partial charge is 0.0652 e. The highest BCUT2D eigenvalue weighted by Crippen LogP contribution is 2.23. The first-order valence-corrected chi connectivity index (χ1v) is 7.02. The van der Waals surface area contributed by atoms with Gasteiger partial charge < -0.3 is 10.4 Å². The van der Waals surface area contributed by atoms with Crippen LogP contribution in [0.4, 0.5) is 0 Å². The Morgan fingerprint density at radius 3 is 2.15 bits per heavy atom. The zero-order chi connectivity index (χ0) is 14.6. The van der Waals surface area contributed by atoms with Gasteiger partial charge >= 0.3 is 0 Å². The molecule has 2 nitrogen and oxygen atoms in total. The Hall–Kier alpha value is -1.64. The van der Waals surface area contributed by atoms with Gasteiger partial charge in [0.2, 0.25) is 0 Å². The molecule has 0 aliphatic rings. The predicted octanol–water partition coefficient (Wildman–Crippen LogP) is 3.30. The van der Waals surface area contributed by atoms with E-state index >= 15 is 0 Å². The average Bonchev–Trinajstić information content (AvgIpc) is 2.45. The van der Waals surface area contributed by atoms with E-state index in [1.807, 2.05) is 25.1 Å². The van der Waals surface area contributed by atoms with Gasteiger partial charge in [-0.3, -0.25) is 0 Å². The van der Waals surface area contributed by atoms with E-state index in [2.05, 4.69) is 49.5 Å². The fourth-order valence-corrected chi connectivity index (χ4v) is 2.44. The molecule has 0 saturated carbocycles. The Morgan fingerprint density at radius 2 is 1.60 bits per heavy atom. The van der Waals surface area contributed by atoms with Crippen LogP contribution in [0.3, 0.4) is 0 Å². The summed E-state index contributed by atoms with van der Waals surface area (Å²) in [5.41, 5.74) is 4.37. The molecule has 0 radical (unpaired) electrons. The van der Waals surface area contributed by atoms with Crippen molar-refractivity contribution in [3.05, 3.63) is 70.8 Å². The molecule has 2 rings (SSSR count). The maximum atomic E-state index is 9.84. The lowest BCUT2D eigenvalue weighted by Gasteiger charge is -2.30. The molecule has 0 aromatic heterocycles. The van der Waals surface area contributed by atoms with Crippen molar-refractivity contribution in [3.8, 4) is 0 Å². The van der Waals surface area contributed by atoms with Crippen LogP contribution in [0.1, 0.15) is 29.2 Å². The third-order valence-corrected chi connectivity index (χ3v) is 3.70. The first kappa shape index (κ1) is 14.8. The molecule has 0 aliphatic heterocycles. The second kappa shape index (κ2) is 6.21. The second-order valence-corrected chi connectivity index (χ2v) is 5.71. The number of rotatable bonds is 5. The quantitative estimate of drug-likeness (QED) is 0.873. The van der Waals surface area contributed by atoms with E-state index in [9.17, 15) is 5.11 Å². The lowest BCUT2D eigenvalue weighted by atomic mass is 9.90. The van der Waals surface area contributed by atoms with Crippen LogP contribution < -0.4 is 5.32 Å². The Bertz CT molecular complexity index is 545. The molecule has 0 fully saturated rings. The van der Waals surface area contributed by atoms with E-state index in [4.69, 9.17) is 0 Å². The number of nitrogens with one attached hydrogen (secondary N) is 1. The molecule has 2 aromatic rings. The van der Waals surface area contributed by atoms with Crippen LogP contribution in [0.5, 0.6) is 0 Å². The second-order valence-electron chi connectivity index (χ2n) is 5.71. The van der Waals surface area contributed by atoms with E-state index in [1.54, 1.807) is 0 Å². The normalized spacial score (nSPS) is 14.0. The van der Waals surface area contributed by atoms with Crippen LogP contribution in [-0.4, -0.2) is 11.7 Å². The molecule has 20 heavy (non-hydrogen) atoms. The Morgan fingerprint density at radius 1 is 1.00 bits per heavy atom. The minimum atomic E-state index is -0.424. The number of aliphatic hydroxyl groups excluding tert-OH is 1. The fraction of sp³-hybridized carbons (Fsp3) is 0.333. The summed E-state index contributed by atoms with van der Waals surface area (Å²) in [4.78, 5) is 0. The van der Waals surface area contributed by atoms with Crippen molar-refractivity contribution in [2.45, 2.75) is 32.9 Å². The molecule has 106 valence electrons. The molecular formula is C18H23NO. The van der Waals surface area contributed by atoms with Gasteiger partial charge in [-0.25, -0.2) is 0 Å². The summed E-state index contributed by atoms with van der Waals surface area (Å²) in [5, 5.41) is 13.3. The Labute approximate surface area is 121 Å². The first-order chi connectivity index (χ1) is 9.53. The molecule has 0 heterocycles. The van der Waals surface area contributed by atoms with Gasteiger partial charge in [0.25, 0.3) is 0 Å². The van der Waals surface area contributed by atoms with Gasteiger partial charge in [-0.2, -0.15) is 0 Å². The summed E-state index contributed by atoms with van der Waals surface area (Å²) in [6, 6.07) is 16.7. The first-order valence-electron chi connectivity index (χ1n) is 7.02. The lowest BCUT2D eigenvalue weighted by molar-refractivity contribution is 0.173. The molecule has 1 atom stereocenters. The highest BCUT2D eigenvalue weighted by molar-refractivity contribution is 5.33. The van der Waals surface area contributed by atoms with Crippen LogP contribution in [0.15, 0.2) is 48.5 Å². The summed E-state index contributed by atoms with van der Waals surface area (Å²) in [6.45, 7) is 7.04. The molecule has 0 bridgehead atoms. The lowest BCUT2D eigenvalue weighted by Crippen LogP contribution is -2.42. The van der Waals surface area contributed by atoms with Gasteiger partial charge in [-0.15, -0.1) is 0 Å². The van der Waals surface area contributed by atoms with Gasteiger partial charge in [0, 0.05) is 6.54 Å². The van der Waals surface area contributed by atoms with Crippen LogP contribution in [0.2, 0.25) is 0 Å². The maximum absolute atomic E-state index is 9.84. The molecule has 1 unspecified atom stereocenters. The van der Waals surface area contributed by atoms with Crippen LogP contribution in [0.25, 0.3) is 0 Å². The number of benzene rings is 2. The minimum absolute atomic E-state index is 0.0721. The molecule has 0 aliphatic carbocycles. The molecule has 0 amide bonds. The standard InChI is InChI=1S/C18H23NO/c1-14-9-15(2)11-17(10-14)18(3,13-20)19-12-16-7-5-4-6-8-16/h4-11,19-20H,12-13H2,1-3H3. The summed E-state index contributed by atoms with van der Waals surface area (Å²) < 4.78 is 0. The van der Waals surface area contributed by atoms with Crippen molar-refractivity contribution in [3.63, 3.8) is 0 Å². The predicted molar refractivity (Wildman–Crippen MR) is 83.6 cm³/mol. The Balaban J connectivity index is 2.20. The highest BCUT2D eigenvalue weighted by Gasteiger charge is 2.25. The van der Waals surface area contributed by atoms with E-state index in [0.29, 0.717) is 0 Å². The van der Waals surface area contributed by atoms with Crippen LogP contribution in [-0.2, 0) is 12.1 Å². The average molecular weight is 269 g/mol. The van der Waals surface area contributed by atoms with Crippen LogP contribution >= 0.6 is 0 Å². The third kappa shape index (κ3) is 3.47. The van der Waals surface area contributed by atoms with E-state index in [0.717, 1.165) is 12.1 Å². The van der Waals surface area contributed by atoms with Gasteiger partial charge in [-0.1, -0.05) is 59.7 Å². The number of hydrogen-bond acceptors (Lipinski definition) is 2. The molecule has 0 spiro atoms. The van der Waals surface area contributed by atoms with Crippen molar-refractivity contribution in [2.75, 3.05) is 6.61 Å².